The van der Waals surface area contributed by atoms with E-state index in [9.17, 15) is 0 Å². The Morgan fingerprint density at radius 3 is 3.06 bits per heavy atom. The summed E-state index contributed by atoms with van der Waals surface area (Å²) in [6, 6.07) is 0.588. The Morgan fingerprint density at radius 2 is 2.33 bits per heavy atom. The first-order chi connectivity index (χ1) is 8.74. The van der Waals surface area contributed by atoms with Crippen molar-refractivity contribution >= 4 is 16.5 Å². The first kappa shape index (κ1) is 13.7. The van der Waals surface area contributed by atoms with E-state index < -0.39 is 0 Å². The molecule has 2 rings (SSSR count). The van der Waals surface area contributed by atoms with Crippen molar-refractivity contribution in [3.63, 3.8) is 0 Å². The van der Waals surface area contributed by atoms with Gasteiger partial charge in [0.15, 0.2) is 0 Å². The number of nitrogen functional groups attached to an aromatic ring is 1. The standard InChI is InChI=1S/C11H22N6S/c1-3-9-7-16(2)5-4-6-17(9)8-10-11(13-12)18-15-14-10/h9,13H,3-8,12H2,1-2H3. The number of nitrogens with zero attached hydrogens (tertiary/aromatic N) is 4. The summed E-state index contributed by atoms with van der Waals surface area (Å²) in [6.45, 7) is 6.49. The zero-order valence-corrected chi connectivity index (χ0v) is 11.9. The molecule has 0 aromatic carbocycles. The summed E-state index contributed by atoms with van der Waals surface area (Å²) in [5.74, 6) is 5.47. The minimum absolute atomic E-state index is 0.588. The summed E-state index contributed by atoms with van der Waals surface area (Å²) in [5, 5.41) is 5.05. The van der Waals surface area contributed by atoms with Gasteiger partial charge in [-0.3, -0.25) is 4.90 Å². The van der Waals surface area contributed by atoms with Gasteiger partial charge < -0.3 is 10.3 Å². The fourth-order valence-electron chi connectivity index (χ4n) is 2.50. The van der Waals surface area contributed by atoms with Gasteiger partial charge in [0.05, 0.1) is 0 Å². The molecule has 0 spiro atoms. The molecule has 6 nitrogen and oxygen atoms in total. The molecule has 0 amide bonds. The average molecular weight is 270 g/mol. The molecule has 18 heavy (non-hydrogen) atoms. The highest BCUT2D eigenvalue weighted by molar-refractivity contribution is 7.10. The monoisotopic (exact) mass is 270 g/mol. The van der Waals surface area contributed by atoms with E-state index in [-0.39, 0.29) is 0 Å². The second-order valence-corrected chi connectivity index (χ2v) is 5.60. The van der Waals surface area contributed by atoms with Crippen LogP contribution >= 0.6 is 11.5 Å². The lowest BCUT2D eigenvalue weighted by Crippen LogP contribution is -2.39. The second kappa shape index (κ2) is 6.42. The lowest BCUT2D eigenvalue weighted by Gasteiger charge is -2.29. The van der Waals surface area contributed by atoms with Crippen LogP contribution in [0.15, 0.2) is 0 Å². The van der Waals surface area contributed by atoms with Gasteiger partial charge in [-0.05, 0) is 26.4 Å². The predicted octanol–water partition coefficient (Wildman–Crippen LogP) is 0.740. The maximum Gasteiger partial charge on any atom is 0.148 e. The lowest BCUT2D eigenvalue weighted by molar-refractivity contribution is 0.174. The van der Waals surface area contributed by atoms with E-state index in [1.807, 2.05) is 0 Å². The smallest absolute Gasteiger partial charge is 0.148 e. The molecule has 0 radical (unpaired) electrons. The summed E-state index contributed by atoms with van der Waals surface area (Å²) in [4.78, 5) is 4.91. The van der Waals surface area contributed by atoms with Gasteiger partial charge in [0.1, 0.15) is 10.7 Å². The van der Waals surface area contributed by atoms with Crippen molar-refractivity contribution in [1.82, 2.24) is 19.4 Å². The fraction of sp³-hybridized carbons (Fsp3) is 0.818. The van der Waals surface area contributed by atoms with Crippen LogP contribution in [0.3, 0.4) is 0 Å². The molecular formula is C11H22N6S. The molecule has 1 unspecified atom stereocenters. The summed E-state index contributed by atoms with van der Waals surface area (Å²) in [6.07, 6.45) is 2.36. The second-order valence-electron chi connectivity index (χ2n) is 4.84. The third kappa shape index (κ3) is 3.17. The highest BCUT2D eigenvalue weighted by Crippen LogP contribution is 2.21. The van der Waals surface area contributed by atoms with E-state index in [1.165, 1.54) is 24.5 Å². The zero-order chi connectivity index (χ0) is 13.0. The highest BCUT2D eigenvalue weighted by atomic mass is 32.1. The van der Waals surface area contributed by atoms with E-state index in [1.54, 1.807) is 0 Å². The van der Waals surface area contributed by atoms with Gasteiger partial charge in [0.2, 0.25) is 0 Å². The van der Waals surface area contributed by atoms with Crippen LogP contribution in [0.2, 0.25) is 0 Å². The summed E-state index contributed by atoms with van der Waals surface area (Å²) in [5.41, 5.74) is 3.64. The van der Waals surface area contributed by atoms with Crippen LogP contribution in [0.4, 0.5) is 5.00 Å². The zero-order valence-electron chi connectivity index (χ0n) is 11.1. The molecule has 1 saturated heterocycles. The van der Waals surface area contributed by atoms with Crippen molar-refractivity contribution in [1.29, 1.82) is 0 Å². The van der Waals surface area contributed by atoms with Crippen LogP contribution in [0.5, 0.6) is 0 Å². The molecule has 0 saturated carbocycles. The van der Waals surface area contributed by atoms with Gasteiger partial charge in [-0.1, -0.05) is 11.4 Å². The summed E-state index contributed by atoms with van der Waals surface area (Å²) < 4.78 is 3.96. The lowest BCUT2D eigenvalue weighted by atomic mass is 10.2. The van der Waals surface area contributed by atoms with E-state index in [0.29, 0.717) is 6.04 Å². The van der Waals surface area contributed by atoms with Crippen LogP contribution in [0.1, 0.15) is 25.5 Å². The normalized spacial score (nSPS) is 22.9. The van der Waals surface area contributed by atoms with Gasteiger partial charge in [0, 0.05) is 37.2 Å². The van der Waals surface area contributed by atoms with Crippen molar-refractivity contribution in [2.75, 3.05) is 32.1 Å². The van der Waals surface area contributed by atoms with Crippen LogP contribution in [0, 0.1) is 0 Å². The van der Waals surface area contributed by atoms with E-state index in [4.69, 9.17) is 5.84 Å². The number of likely N-dealkylation sites (N-methyl/N-ethyl adjacent to an activating group) is 1. The minimum atomic E-state index is 0.588. The molecule has 1 aromatic rings. The van der Waals surface area contributed by atoms with Crippen LogP contribution < -0.4 is 11.3 Å². The quantitative estimate of drug-likeness (QED) is 0.621. The highest BCUT2D eigenvalue weighted by Gasteiger charge is 2.23. The topological polar surface area (TPSA) is 70.3 Å². The van der Waals surface area contributed by atoms with Gasteiger partial charge >= 0.3 is 0 Å². The molecule has 0 aliphatic carbocycles. The maximum absolute atomic E-state index is 5.47. The molecule has 7 heteroatoms. The Morgan fingerprint density at radius 1 is 1.50 bits per heavy atom. The largest absolute Gasteiger partial charge is 0.313 e. The Balaban J connectivity index is 2.06. The molecule has 1 aliphatic rings. The number of hydrazine groups is 1. The number of aromatic nitrogens is 2. The molecule has 1 aromatic heterocycles. The molecule has 1 fully saturated rings. The number of nitrogens with two attached hydrogens (primary N) is 1. The van der Waals surface area contributed by atoms with Crippen molar-refractivity contribution in [2.45, 2.75) is 32.4 Å². The average Bonchev–Trinajstić information content (AvgIpc) is 2.74. The SMILES string of the molecule is CCC1CN(C)CCCN1Cc1nnsc1NN. The van der Waals surface area contributed by atoms with Crippen molar-refractivity contribution in [3.8, 4) is 0 Å². The molecule has 1 atom stereocenters. The predicted molar refractivity (Wildman–Crippen MR) is 74.3 cm³/mol. The molecule has 2 heterocycles. The summed E-state index contributed by atoms with van der Waals surface area (Å²) >= 11 is 1.32. The van der Waals surface area contributed by atoms with E-state index in [0.717, 1.165) is 36.8 Å². The first-order valence-electron chi connectivity index (χ1n) is 6.45. The number of hydrogen-bond acceptors (Lipinski definition) is 7. The van der Waals surface area contributed by atoms with Crippen molar-refractivity contribution in [3.05, 3.63) is 5.69 Å². The Kier molecular flexibility index (Phi) is 4.87. The van der Waals surface area contributed by atoms with Gasteiger partial charge in [-0.2, -0.15) is 0 Å². The van der Waals surface area contributed by atoms with Crippen LogP contribution in [-0.4, -0.2) is 52.1 Å². The minimum Gasteiger partial charge on any atom is -0.313 e. The van der Waals surface area contributed by atoms with E-state index >= 15 is 0 Å². The number of anilines is 1. The van der Waals surface area contributed by atoms with Gasteiger partial charge in [0.25, 0.3) is 0 Å². The fourth-order valence-corrected chi connectivity index (χ4v) is 2.99. The van der Waals surface area contributed by atoms with Gasteiger partial charge in [-0.15, -0.1) is 5.10 Å². The van der Waals surface area contributed by atoms with E-state index in [2.05, 4.69) is 38.8 Å². The molecule has 102 valence electrons. The third-order valence-corrected chi connectivity index (χ3v) is 4.23. The molecular weight excluding hydrogens is 248 g/mol. The first-order valence-corrected chi connectivity index (χ1v) is 7.22. The van der Waals surface area contributed by atoms with Crippen LogP contribution in [0.25, 0.3) is 0 Å². The maximum atomic E-state index is 5.47. The van der Waals surface area contributed by atoms with Crippen LogP contribution in [-0.2, 0) is 6.54 Å². The molecule has 1 aliphatic heterocycles. The Hall–Kier alpha value is -0.760. The number of rotatable bonds is 4. The Labute approximate surface area is 112 Å². The number of nitrogens with one attached hydrogen (secondary N) is 1. The van der Waals surface area contributed by atoms with Crippen molar-refractivity contribution in [2.24, 2.45) is 5.84 Å². The Bertz CT molecular complexity index is 368. The molecule has 3 N–H and O–H groups in total. The van der Waals surface area contributed by atoms with Crippen molar-refractivity contribution < 1.29 is 0 Å². The number of hydrogen-bond donors (Lipinski definition) is 2. The molecule has 0 bridgehead atoms. The summed E-state index contributed by atoms with van der Waals surface area (Å²) in [7, 11) is 2.20. The van der Waals surface area contributed by atoms with Gasteiger partial charge in [-0.25, -0.2) is 5.84 Å². The third-order valence-electron chi connectivity index (χ3n) is 3.53.